The van der Waals surface area contributed by atoms with Crippen LogP contribution in [0.1, 0.15) is 32.8 Å². The van der Waals surface area contributed by atoms with Gasteiger partial charge in [0.15, 0.2) is 5.13 Å². The maximum atomic E-state index is 13.2. The number of amides is 1. The second-order valence-electron chi connectivity index (χ2n) is 7.30. The molecule has 0 unspecified atom stereocenters. The fourth-order valence-corrected chi connectivity index (χ4v) is 4.53. The van der Waals surface area contributed by atoms with Crippen molar-refractivity contribution in [3.05, 3.63) is 54.1 Å². The smallest absolute Gasteiger partial charge is 0.229 e. The summed E-state index contributed by atoms with van der Waals surface area (Å²) in [4.78, 5) is 21.4. The van der Waals surface area contributed by atoms with E-state index in [2.05, 4.69) is 26.0 Å². The second kappa shape index (κ2) is 11.1. The summed E-state index contributed by atoms with van der Waals surface area (Å²) in [6, 6.07) is 16.1. The SMILES string of the molecule is CCOc1ccc2nc(N(CC[NH+](CC)CC)C(=O)CCc3ccccc3)sc2c1. The topological polar surface area (TPSA) is 46.9 Å². The van der Waals surface area contributed by atoms with Crippen LogP contribution in [0.4, 0.5) is 5.13 Å². The molecule has 6 heteroatoms. The number of ether oxygens (including phenoxy) is 1. The number of rotatable bonds is 11. The van der Waals surface area contributed by atoms with Crippen LogP contribution in [0.5, 0.6) is 5.75 Å². The lowest BCUT2D eigenvalue weighted by Gasteiger charge is -2.23. The van der Waals surface area contributed by atoms with Crippen molar-refractivity contribution in [1.82, 2.24) is 4.98 Å². The molecule has 1 heterocycles. The molecule has 1 amide bonds. The Bertz CT molecular complexity index is 938. The highest BCUT2D eigenvalue weighted by molar-refractivity contribution is 7.22. The highest BCUT2D eigenvalue weighted by Crippen LogP contribution is 2.31. The summed E-state index contributed by atoms with van der Waals surface area (Å²) in [6.45, 7) is 10.7. The molecule has 0 bridgehead atoms. The number of aryl methyl sites for hydroxylation is 1. The van der Waals surface area contributed by atoms with Gasteiger partial charge in [-0.3, -0.25) is 9.69 Å². The van der Waals surface area contributed by atoms with E-state index in [4.69, 9.17) is 9.72 Å². The lowest BCUT2D eigenvalue weighted by molar-refractivity contribution is -0.894. The monoisotopic (exact) mass is 426 g/mol. The number of carbonyl (C=O) groups excluding carboxylic acids is 1. The average Bonchev–Trinajstić information content (AvgIpc) is 3.19. The van der Waals surface area contributed by atoms with Crippen molar-refractivity contribution in [2.75, 3.05) is 37.7 Å². The van der Waals surface area contributed by atoms with Crippen molar-refractivity contribution >= 4 is 32.6 Å². The minimum absolute atomic E-state index is 0.134. The van der Waals surface area contributed by atoms with E-state index in [0.29, 0.717) is 19.6 Å². The zero-order chi connectivity index (χ0) is 21.3. The van der Waals surface area contributed by atoms with E-state index in [0.717, 1.165) is 47.2 Å². The number of anilines is 1. The van der Waals surface area contributed by atoms with Crippen molar-refractivity contribution in [3.8, 4) is 5.75 Å². The molecular weight excluding hydrogens is 394 g/mol. The van der Waals surface area contributed by atoms with Crippen LogP contribution in [0.3, 0.4) is 0 Å². The fourth-order valence-electron chi connectivity index (χ4n) is 3.50. The summed E-state index contributed by atoms with van der Waals surface area (Å²) in [5.41, 5.74) is 2.10. The summed E-state index contributed by atoms with van der Waals surface area (Å²) in [5, 5.41) is 0.781. The normalized spacial score (nSPS) is 11.2. The minimum Gasteiger partial charge on any atom is -0.494 e. The minimum atomic E-state index is 0.134. The molecule has 2 aromatic carbocycles. The third-order valence-corrected chi connectivity index (χ3v) is 6.39. The van der Waals surface area contributed by atoms with Gasteiger partial charge in [0.25, 0.3) is 0 Å². The molecule has 0 saturated carbocycles. The highest BCUT2D eigenvalue weighted by Gasteiger charge is 2.21. The predicted octanol–water partition coefficient (Wildman–Crippen LogP) is 3.59. The Morgan fingerprint density at radius 3 is 2.57 bits per heavy atom. The number of benzene rings is 2. The van der Waals surface area contributed by atoms with Gasteiger partial charge in [-0.2, -0.15) is 0 Å². The molecule has 5 nitrogen and oxygen atoms in total. The van der Waals surface area contributed by atoms with E-state index >= 15 is 0 Å². The number of likely N-dealkylation sites (N-methyl/N-ethyl adjacent to an activating group) is 1. The first kappa shape index (κ1) is 22.2. The summed E-state index contributed by atoms with van der Waals surface area (Å²) in [5.74, 6) is 0.976. The van der Waals surface area contributed by atoms with Crippen LogP contribution in [0.2, 0.25) is 0 Å². The van der Waals surface area contributed by atoms with Crippen LogP contribution in [0.15, 0.2) is 48.5 Å². The molecule has 3 aromatic rings. The molecule has 3 rings (SSSR count). The summed E-state index contributed by atoms with van der Waals surface area (Å²) in [7, 11) is 0. The molecule has 30 heavy (non-hydrogen) atoms. The summed E-state index contributed by atoms with van der Waals surface area (Å²) >= 11 is 1.57. The van der Waals surface area contributed by atoms with E-state index in [9.17, 15) is 4.79 Å². The number of carbonyl (C=O) groups is 1. The van der Waals surface area contributed by atoms with E-state index in [1.54, 1.807) is 11.3 Å². The second-order valence-corrected chi connectivity index (χ2v) is 8.31. The summed E-state index contributed by atoms with van der Waals surface area (Å²) < 4.78 is 6.67. The number of thiazole rings is 1. The standard InChI is InChI=1S/C24H31N3O2S/c1-4-26(5-2)16-17-27(23(28)15-12-19-10-8-7-9-11-19)24-25-21-14-13-20(29-6-3)18-22(21)30-24/h7-11,13-14,18H,4-6,12,15-17H2,1-3H3/p+1. The molecule has 0 saturated heterocycles. The van der Waals surface area contributed by atoms with E-state index in [1.807, 2.05) is 48.2 Å². The molecule has 0 fully saturated rings. The van der Waals surface area contributed by atoms with Gasteiger partial charge in [-0.25, -0.2) is 4.98 Å². The van der Waals surface area contributed by atoms with Crippen molar-refractivity contribution in [2.24, 2.45) is 0 Å². The molecule has 0 atom stereocenters. The Labute approximate surface area is 183 Å². The third kappa shape index (κ3) is 5.80. The number of quaternary nitrogens is 1. The van der Waals surface area contributed by atoms with Crippen molar-refractivity contribution < 1.29 is 14.4 Å². The maximum Gasteiger partial charge on any atom is 0.229 e. The number of nitrogens with zero attached hydrogens (tertiary/aromatic N) is 2. The zero-order valence-corrected chi connectivity index (χ0v) is 19.0. The number of fused-ring (bicyclic) bond motifs is 1. The maximum absolute atomic E-state index is 13.2. The number of aromatic nitrogens is 1. The lowest BCUT2D eigenvalue weighted by Crippen LogP contribution is -3.12. The van der Waals surface area contributed by atoms with Crippen LogP contribution in [-0.2, 0) is 11.2 Å². The van der Waals surface area contributed by atoms with Gasteiger partial charge in [0.1, 0.15) is 5.75 Å². The Balaban J connectivity index is 1.80. The van der Waals surface area contributed by atoms with Gasteiger partial charge >= 0.3 is 0 Å². The largest absolute Gasteiger partial charge is 0.494 e. The molecule has 160 valence electrons. The fraction of sp³-hybridized carbons (Fsp3) is 0.417. The Morgan fingerprint density at radius 2 is 1.87 bits per heavy atom. The first-order chi connectivity index (χ1) is 14.6. The summed E-state index contributed by atoms with van der Waals surface area (Å²) in [6.07, 6.45) is 1.23. The molecule has 0 radical (unpaired) electrons. The number of hydrogen-bond donors (Lipinski definition) is 1. The lowest BCUT2D eigenvalue weighted by atomic mass is 10.1. The van der Waals surface area contributed by atoms with Crippen LogP contribution in [-0.4, -0.2) is 43.7 Å². The van der Waals surface area contributed by atoms with Gasteiger partial charge in [0.2, 0.25) is 5.91 Å². The molecule has 0 spiro atoms. The molecular formula is C24H32N3O2S+. The van der Waals surface area contributed by atoms with Crippen molar-refractivity contribution in [2.45, 2.75) is 33.6 Å². The van der Waals surface area contributed by atoms with Crippen molar-refractivity contribution in [1.29, 1.82) is 0 Å². The number of hydrogen-bond acceptors (Lipinski definition) is 4. The molecule has 0 aliphatic heterocycles. The van der Waals surface area contributed by atoms with Crippen molar-refractivity contribution in [3.63, 3.8) is 0 Å². The van der Waals surface area contributed by atoms with Gasteiger partial charge in [-0.1, -0.05) is 41.7 Å². The first-order valence-electron chi connectivity index (χ1n) is 10.9. The van der Waals surface area contributed by atoms with Gasteiger partial charge < -0.3 is 9.64 Å². The quantitative estimate of drug-likeness (QED) is 0.510. The Hall–Kier alpha value is -2.44. The van der Waals surface area contributed by atoms with Gasteiger partial charge in [0.05, 0.1) is 43.0 Å². The average molecular weight is 427 g/mol. The highest BCUT2D eigenvalue weighted by atomic mass is 32.1. The van der Waals surface area contributed by atoms with Crippen LogP contribution < -0.4 is 14.5 Å². The van der Waals surface area contributed by atoms with Crippen LogP contribution in [0.25, 0.3) is 10.2 Å². The van der Waals surface area contributed by atoms with Gasteiger partial charge in [-0.15, -0.1) is 0 Å². The first-order valence-corrected chi connectivity index (χ1v) is 11.7. The van der Waals surface area contributed by atoms with E-state index in [1.165, 1.54) is 10.5 Å². The molecule has 1 N–H and O–H groups in total. The van der Waals surface area contributed by atoms with E-state index < -0.39 is 0 Å². The van der Waals surface area contributed by atoms with Crippen LogP contribution >= 0.6 is 11.3 Å². The third-order valence-electron chi connectivity index (χ3n) is 5.35. The Kier molecular flexibility index (Phi) is 8.22. The van der Waals surface area contributed by atoms with E-state index in [-0.39, 0.29) is 5.91 Å². The molecule has 1 aromatic heterocycles. The molecule has 0 aliphatic rings. The molecule has 0 aliphatic carbocycles. The predicted molar refractivity (Wildman–Crippen MR) is 125 cm³/mol. The van der Waals surface area contributed by atoms with Gasteiger partial charge in [0, 0.05) is 6.42 Å². The zero-order valence-electron chi connectivity index (χ0n) is 18.2. The number of nitrogens with one attached hydrogen (secondary N) is 1. The van der Waals surface area contributed by atoms with Crippen LogP contribution in [0, 0.1) is 0 Å². The van der Waals surface area contributed by atoms with Gasteiger partial charge in [-0.05, 0) is 51.0 Å². The Morgan fingerprint density at radius 1 is 1.10 bits per heavy atom.